The zero-order chi connectivity index (χ0) is 18.2. The molecule has 1 fully saturated rings. The van der Waals surface area contributed by atoms with Crippen molar-refractivity contribution >= 4 is 49.1 Å². The molecular weight excluding hydrogens is 477 g/mol. The van der Waals surface area contributed by atoms with Gasteiger partial charge in [-0.2, -0.15) is 0 Å². The minimum Gasteiger partial charge on any atom is -0.395 e. The van der Waals surface area contributed by atoms with Crippen molar-refractivity contribution in [2.45, 2.75) is 25.7 Å². The average molecular weight is 490 g/mol. The summed E-state index contributed by atoms with van der Waals surface area (Å²) in [7, 11) is 0. The number of anilines is 1. The maximum Gasteiger partial charge on any atom is 0.151 e. The second-order valence-electron chi connectivity index (χ2n) is 5.35. The van der Waals surface area contributed by atoms with Crippen LogP contribution in [0, 0.1) is 30.2 Å². The van der Waals surface area contributed by atoms with Gasteiger partial charge in [-0.25, -0.2) is 17.6 Å². The number of nitrogen functional groups attached to an aromatic ring is 1. The Bertz CT molecular complexity index is 715. The number of hydrogen-bond donors (Lipinski definition) is 1. The zero-order valence-corrected chi connectivity index (χ0v) is 16.3. The maximum absolute atomic E-state index is 13.6. The second kappa shape index (κ2) is 7.62. The first-order valence-electron chi connectivity index (χ1n) is 6.87. The highest BCUT2D eigenvalue weighted by Crippen LogP contribution is 2.46. The first kappa shape index (κ1) is 19.5. The normalized spacial score (nSPS) is 13.5. The Balaban J connectivity index is 0.000000185. The minimum atomic E-state index is -0.585. The van der Waals surface area contributed by atoms with Gasteiger partial charge in [-0.3, -0.25) is 0 Å². The molecule has 0 saturated heterocycles. The number of benzene rings is 2. The van der Waals surface area contributed by atoms with Crippen LogP contribution in [0.15, 0.2) is 21.1 Å². The molecule has 0 atom stereocenters. The summed E-state index contributed by atoms with van der Waals surface area (Å²) in [5.74, 6) is -1.96. The van der Waals surface area contributed by atoms with Gasteiger partial charge in [-0.05, 0) is 80.8 Å². The van der Waals surface area contributed by atoms with Crippen LogP contribution in [-0.4, -0.2) is 0 Å². The van der Waals surface area contributed by atoms with Crippen LogP contribution in [0.4, 0.5) is 23.2 Å². The molecule has 130 valence electrons. The fraction of sp³-hybridized carbons (Fsp3) is 0.250. The first-order valence-corrected chi connectivity index (χ1v) is 8.84. The van der Waals surface area contributed by atoms with E-state index in [1.807, 2.05) is 0 Å². The highest BCUT2D eigenvalue weighted by Gasteiger charge is 2.32. The summed E-state index contributed by atoms with van der Waals surface area (Å²) in [6.07, 6.45) is 1.80. The van der Waals surface area contributed by atoms with E-state index in [1.54, 1.807) is 6.92 Å². The predicted octanol–water partition coefficient (Wildman–Crippen LogP) is 6.88. The van der Waals surface area contributed by atoms with Crippen LogP contribution in [0.1, 0.15) is 29.9 Å². The lowest BCUT2D eigenvalue weighted by Gasteiger charge is -2.11. The molecule has 0 heterocycles. The van der Waals surface area contributed by atoms with Gasteiger partial charge in [-0.15, -0.1) is 0 Å². The van der Waals surface area contributed by atoms with Gasteiger partial charge in [0.25, 0.3) is 0 Å². The van der Waals surface area contributed by atoms with Crippen molar-refractivity contribution in [3.63, 3.8) is 0 Å². The molecule has 0 unspecified atom stereocenters. The van der Waals surface area contributed by atoms with Crippen molar-refractivity contribution in [3.8, 4) is 0 Å². The van der Waals surface area contributed by atoms with E-state index >= 15 is 0 Å². The molecule has 0 amide bonds. The van der Waals surface area contributed by atoms with Crippen LogP contribution in [0.25, 0.3) is 0 Å². The lowest BCUT2D eigenvalue weighted by molar-refractivity contribution is 0.582. The molecule has 3 rings (SSSR count). The quantitative estimate of drug-likeness (QED) is 0.264. The number of halogens is 7. The molecule has 0 radical (unpaired) electrons. The Hall–Kier alpha value is -0.790. The van der Waals surface area contributed by atoms with Gasteiger partial charge in [0.1, 0.15) is 22.5 Å². The summed E-state index contributed by atoms with van der Waals surface area (Å²) in [5, 5.41) is -0.282. The van der Waals surface area contributed by atoms with Crippen LogP contribution in [0.5, 0.6) is 0 Å². The Morgan fingerprint density at radius 2 is 1.46 bits per heavy atom. The Kier molecular flexibility index (Phi) is 6.20. The molecule has 1 aliphatic carbocycles. The van der Waals surface area contributed by atoms with Crippen molar-refractivity contribution in [2.24, 2.45) is 0 Å². The molecule has 2 aromatic rings. The smallest absolute Gasteiger partial charge is 0.151 e. The molecule has 24 heavy (non-hydrogen) atoms. The second-order valence-corrected chi connectivity index (χ2v) is 7.44. The van der Waals surface area contributed by atoms with Crippen molar-refractivity contribution < 1.29 is 17.6 Å². The first-order chi connectivity index (χ1) is 11.1. The highest BCUT2D eigenvalue weighted by molar-refractivity contribution is 9.11. The molecule has 0 bridgehead atoms. The monoisotopic (exact) mass is 487 g/mol. The van der Waals surface area contributed by atoms with Gasteiger partial charge in [0.15, 0.2) is 5.82 Å². The molecular formula is C16H12Br2ClF4N. The Morgan fingerprint density at radius 1 is 1.00 bits per heavy atom. The zero-order valence-electron chi connectivity index (χ0n) is 12.4. The van der Waals surface area contributed by atoms with Crippen molar-refractivity contribution in [3.05, 3.63) is 60.5 Å². The van der Waals surface area contributed by atoms with Crippen LogP contribution >= 0.6 is 43.5 Å². The maximum atomic E-state index is 13.6. The van der Waals surface area contributed by atoms with Crippen LogP contribution in [0.3, 0.4) is 0 Å². The summed E-state index contributed by atoms with van der Waals surface area (Å²) < 4.78 is 52.4. The SMILES string of the molecule is Cc1c(F)c(N)c(Cl)c(F)c1C1CC1.Fc1cc(Br)c(F)cc1Br. The fourth-order valence-corrected chi connectivity index (χ4v) is 2.99. The van der Waals surface area contributed by atoms with Gasteiger partial charge in [0.05, 0.1) is 14.6 Å². The van der Waals surface area contributed by atoms with E-state index in [-0.39, 0.29) is 25.6 Å². The van der Waals surface area contributed by atoms with Crippen molar-refractivity contribution in [2.75, 3.05) is 5.73 Å². The van der Waals surface area contributed by atoms with Crippen molar-refractivity contribution in [1.82, 2.24) is 0 Å². The van der Waals surface area contributed by atoms with E-state index in [0.29, 0.717) is 11.1 Å². The third-order valence-electron chi connectivity index (χ3n) is 3.58. The van der Waals surface area contributed by atoms with Gasteiger partial charge in [0, 0.05) is 0 Å². The van der Waals surface area contributed by atoms with E-state index in [1.165, 1.54) is 0 Å². The highest BCUT2D eigenvalue weighted by atomic mass is 79.9. The molecule has 0 spiro atoms. The topological polar surface area (TPSA) is 26.0 Å². The Morgan fingerprint density at radius 3 is 1.88 bits per heavy atom. The number of nitrogens with two attached hydrogens (primary N) is 1. The third-order valence-corrected chi connectivity index (χ3v) is 5.17. The summed E-state index contributed by atoms with van der Waals surface area (Å²) >= 11 is 11.3. The van der Waals surface area contributed by atoms with Crippen molar-refractivity contribution in [1.29, 1.82) is 0 Å². The summed E-state index contributed by atoms with van der Waals surface area (Å²) in [6.45, 7) is 1.54. The average Bonchev–Trinajstić information content (AvgIpc) is 3.35. The lowest BCUT2D eigenvalue weighted by Crippen LogP contribution is -2.03. The van der Waals surface area contributed by atoms with Gasteiger partial charge < -0.3 is 5.73 Å². The standard InChI is InChI=1S/C10H10ClF2N.C6H2Br2F2/c1-4-6(5-2-3-5)9(13)7(11)10(14)8(4)12;7-3-1-5(9)4(8)2-6(3)10/h5H,2-3,14H2,1H3;1-2H. The van der Waals surface area contributed by atoms with E-state index in [9.17, 15) is 17.6 Å². The van der Waals surface area contributed by atoms with Crippen LogP contribution in [0.2, 0.25) is 5.02 Å². The van der Waals surface area contributed by atoms with E-state index in [4.69, 9.17) is 17.3 Å². The van der Waals surface area contributed by atoms with Gasteiger partial charge in [0.2, 0.25) is 0 Å². The van der Waals surface area contributed by atoms with Gasteiger partial charge in [-0.1, -0.05) is 11.6 Å². The molecule has 0 aliphatic heterocycles. The molecule has 0 aromatic heterocycles. The number of hydrogen-bond acceptors (Lipinski definition) is 1. The molecule has 2 aromatic carbocycles. The third kappa shape index (κ3) is 4.06. The molecule has 1 aliphatic rings. The van der Waals surface area contributed by atoms with Gasteiger partial charge >= 0.3 is 0 Å². The summed E-state index contributed by atoms with van der Waals surface area (Å²) in [4.78, 5) is 0. The van der Waals surface area contributed by atoms with Crippen LogP contribution in [-0.2, 0) is 0 Å². The molecule has 2 N–H and O–H groups in total. The fourth-order valence-electron chi connectivity index (χ4n) is 2.17. The number of rotatable bonds is 1. The molecule has 8 heteroatoms. The summed E-state index contributed by atoms with van der Waals surface area (Å²) in [5.41, 5.74) is 5.74. The van der Waals surface area contributed by atoms with Crippen LogP contribution < -0.4 is 5.73 Å². The molecule has 1 nitrogen and oxygen atoms in total. The van der Waals surface area contributed by atoms with E-state index < -0.39 is 23.3 Å². The predicted molar refractivity (Wildman–Crippen MR) is 94.3 cm³/mol. The molecule has 1 saturated carbocycles. The lowest BCUT2D eigenvalue weighted by atomic mass is 10.0. The largest absolute Gasteiger partial charge is 0.395 e. The van der Waals surface area contributed by atoms with E-state index in [0.717, 1.165) is 25.0 Å². The van der Waals surface area contributed by atoms with E-state index in [2.05, 4.69) is 31.9 Å². The minimum absolute atomic E-state index is 0.127. The summed E-state index contributed by atoms with van der Waals surface area (Å²) in [6, 6.07) is 2.14. The Labute approximate surface area is 158 Å².